The SMILES string of the molecule is CC(C)(C)c1ccc(CNC(=S)NCC(F)(F)F)cc1. The Kier molecular flexibility index (Phi) is 5.39. The monoisotopic (exact) mass is 304 g/mol. The lowest BCUT2D eigenvalue weighted by Gasteiger charge is -2.19. The molecule has 20 heavy (non-hydrogen) atoms. The molecule has 2 nitrogen and oxygen atoms in total. The van der Waals surface area contributed by atoms with E-state index in [9.17, 15) is 13.2 Å². The van der Waals surface area contributed by atoms with E-state index in [2.05, 4.69) is 31.4 Å². The van der Waals surface area contributed by atoms with Crippen LogP contribution in [0.15, 0.2) is 24.3 Å². The molecule has 0 spiro atoms. The van der Waals surface area contributed by atoms with Crippen molar-refractivity contribution < 1.29 is 13.2 Å². The number of rotatable bonds is 3. The van der Waals surface area contributed by atoms with Crippen LogP contribution in [-0.4, -0.2) is 17.8 Å². The van der Waals surface area contributed by atoms with Crippen LogP contribution in [0, 0.1) is 0 Å². The largest absolute Gasteiger partial charge is 0.405 e. The van der Waals surface area contributed by atoms with Crippen LogP contribution in [0.3, 0.4) is 0 Å². The van der Waals surface area contributed by atoms with Gasteiger partial charge in [0.2, 0.25) is 0 Å². The van der Waals surface area contributed by atoms with Crippen molar-refractivity contribution in [1.82, 2.24) is 10.6 Å². The molecule has 0 unspecified atom stereocenters. The molecule has 0 amide bonds. The summed E-state index contributed by atoms with van der Waals surface area (Å²) < 4.78 is 36.0. The number of thiocarbonyl (C=S) groups is 1. The standard InChI is InChI=1S/C14H19F3N2S/c1-13(2,3)11-6-4-10(5-7-11)8-18-12(20)19-9-14(15,16)17/h4-7H,8-9H2,1-3H3,(H2,18,19,20). The van der Waals surface area contributed by atoms with Crippen LogP contribution in [0.4, 0.5) is 13.2 Å². The lowest BCUT2D eigenvalue weighted by Crippen LogP contribution is -2.40. The average Bonchev–Trinajstić information content (AvgIpc) is 2.32. The summed E-state index contributed by atoms with van der Waals surface area (Å²) >= 11 is 4.78. The van der Waals surface area contributed by atoms with Crippen LogP contribution in [0.5, 0.6) is 0 Å². The van der Waals surface area contributed by atoms with Gasteiger partial charge in [0.05, 0.1) is 0 Å². The average molecular weight is 304 g/mol. The highest BCUT2D eigenvalue weighted by Gasteiger charge is 2.26. The number of benzene rings is 1. The summed E-state index contributed by atoms with van der Waals surface area (Å²) in [4.78, 5) is 0. The lowest BCUT2D eigenvalue weighted by molar-refractivity contribution is -0.122. The van der Waals surface area contributed by atoms with Gasteiger partial charge in [-0.2, -0.15) is 13.2 Å². The van der Waals surface area contributed by atoms with E-state index in [-0.39, 0.29) is 10.5 Å². The Hall–Kier alpha value is -1.30. The second-order valence-corrected chi connectivity index (χ2v) is 6.01. The van der Waals surface area contributed by atoms with Gasteiger partial charge in [-0.15, -0.1) is 0 Å². The molecule has 0 saturated carbocycles. The molecule has 0 saturated heterocycles. The first kappa shape index (κ1) is 16.8. The van der Waals surface area contributed by atoms with E-state index < -0.39 is 12.7 Å². The minimum Gasteiger partial charge on any atom is -0.359 e. The summed E-state index contributed by atoms with van der Waals surface area (Å²) in [5.74, 6) is 0. The van der Waals surface area contributed by atoms with E-state index in [1.165, 1.54) is 5.56 Å². The highest BCUT2D eigenvalue weighted by Crippen LogP contribution is 2.22. The molecular weight excluding hydrogens is 285 g/mol. The third kappa shape index (κ3) is 6.23. The van der Waals surface area contributed by atoms with Crippen molar-refractivity contribution in [2.45, 2.75) is 38.9 Å². The topological polar surface area (TPSA) is 24.1 Å². The Morgan fingerprint density at radius 1 is 1.05 bits per heavy atom. The number of hydrogen-bond acceptors (Lipinski definition) is 1. The summed E-state index contributed by atoms with van der Waals surface area (Å²) in [5.41, 5.74) is 2.25. The molecular formula is C14H19F3N2S. The fourth-order valence-corrected chi connectivity index (χ4v) is 1.69. The van der Waals surface area contributed by atoms with Crippen LogP contribution in [-0.2, 0) is 12.0 Å². The van der Waals surface area contributed by atoms with E-state index in [1.807, 2.05) is 24.3 Å². The molecule has 112 valence electrons. The van der Waals surface area contributed by atoms with Gasteiger partial charge in [0, 0.05) is 6.54 Å². The van der Waals surface area contributed by atoms with E-state index in [0.29, 0.717) is 6.54 Å². The van der Waals surface area contributed by atoms with Gasteiger partial charge < -0.3 is 10.6 Å². The zero-order valence-electron chi connectivity index (χ0n) is 11.8. The maximum Gasteiger partial charge on any atom is 0.405 e. The van der Waals surface area contributed by atoms with Crippen LogP contribution < -0.4 is 10.6 Å². The quantitative estimate of drug-likeness (QED) is 0.836. The molecule has 1 rings (SSSR count). The summed E-state index contributed by atoms with van der Waals surface area (Å²) in [6.45, 7) is 5.64. The fourth-order valence-electron chi connectivity index (χ4n) is 1.55. The zero-order chi connectivity index (χ0) is 15.4. The first-order valence-electron chi connectivity index (χ1n) is 6.26. The zero-order valence-corrected chi connectivity index (χ0v) is 12.6. The third-order valence-corrected chi connectivity index (χ3v) is 3.01. The van der Waals surface area contributed by atoms with Gasteiger partial charge >= 0.3 is 6.18 Å². The lowest BCUT2D eigenvalue weighted by atomic mass is 9.87. The first-order valence-corrected chi connectivity index (χ1v) is 6.66. The van der Waals surface area contributed by atoms with E-state index in [1.54, 1.807) is 0 Å². The second kappa shape index (κ2) is 6.43. The molecule has 0 atom stereocenters. The molecule has 2 N–H and O–H groups in total. The van der Waals surface area contributed by atoms with Crippen molar-refractivity contribution in [2.75, 3.05) is 6.54 Å². The Bertz CT molecular complexity index is 447. The van der Waals surface area contributed by atoms with Crippen LogP contribution in [0.2, 0.25) is 0 Å². The summed E-state index contributed by atoms with van der Waals surface area (Å²) in [6, 6.07) is 7.92. The van der Waals surface area contributed by atoms with Gasteiger partial charge in [0.1, 0.15) is 6.54 Å². The maximum atomic E-state index is 12.0. The first-order chi connectivity index (χ1) is 9.08. The summed E-state index contributed by atoms with van der Waals surface area (Å²) in [6.07, 6.45) is -4.26. The molecule has 6 heteroatoms. The molecule has 0 aliphatic carbocycles. The van der Waals surface area contributed by atoms with Gasteiger partial charge in [-0.05, 0) is 28.8 Å². The summed E-state index contributed by atoms with van der Waals surface area (Å²) in [5, 5.41) is 4.88. The molecule has 0 heterocycles. The highest BCUT2D eigenvalue weighted by atomic mass is 32.1. The Labute approximate surface area is 122 Å². The predicted molar refractivity (Wildman–Crippen MR) is 78.6 cm³/mol. The fraction of sp³-hybridized carbons (Fsp3) is 0.500. The molecule has 0 fully saturated rings. The van der Waals surface area contributed by atoms with E-state index >= 15 is 0 Å². The molecule has 0 aromatic heterocycles. The molecule has 1 aromatic carbocycles. The normalized spacial score (nSPS) is 12.1. The maximum absolute atomic E-state index is 12.0. The van der Waals surface area contributed by atoms with Gasteiger partial charge in [0.15, 0.2) is 5.11 Å². The van der Waals surface area contributed by atoms with Crippen LogP contribution in [0.25, 0.3) is 0 Å². The second-order valence-electron chi connectivity index (χ2n) is 5.60. The number of halogens is 3. The smallest absolute Gasteiger partial charge is 0.359 e. The Morgan fingerprint density at radius 3 is 2.05 bits per heavy atom. The number of nitrogens with one attached hydrogen (secondary N) is 2. The minimum absolute atomic E-state index is 0.00206. The molecule has 1 aromatic rings. The third-order valence-electron chi connectivity index (χ3n) is 2.72. The molecule has 0 aliphatic heterocycles. The van der Waals surface area contributed by atoms with Crippen molar-refractivity contribution in [3.63, 3.8) is 0 Å². The van der Waals surface area contributed by atoms with E-state index in [4.69, 9.17) is 12.2 Å². The highest BCUT2D eigenvalue weighted by molar-refractivity contribution is 7.80. The summed E-state index contributed by atoms with van der Waals surface area (Å²) in [7, 11) is 0. The van der Waals surface area contributed by atoms with Crippen LogP contribution in [0.1, 0.15) is 31.9 Å². The van der Waals surface area contributed by atoms with Crippen molar-refractivity contribution in [2.24, 2.45) is 0 Å². The minimum atomic E-state index is -4.26. The predicted octanol–water partition coefficient (Wildman–Crippen LogP) is 3.51. The van der Waals surface area contributed by atoms with Gasteiger partial charge in [0.25, 0.3) is 0 Å². The van der Waals surface area contributed by atoms with Crippen molar-refractivity contribution in [1.29, 1.82) is 0 Å². The Morgan fingerprint density at radius 2 is 1.60 bits per heavy atom. The van der Waals surface area contributed by atoms with Gasteiger partial charge in [-0.25, -0.2) is 0 Å². The Balaban J connectivity index is 2.44. The molecule has 0 aliphatic rings. The number of hydrogen-bond donors (Lipinski definition) is 2. The van der Waals surface area contributed by atoms with Gasteiger partial charge in [-0.3, -0.25) is 0 Å². The molecule has 0 radical (unpaired) electrons. The van der Waals surface area contributed by atoms with Crippen molar-refractivity contribution in [3.05, 3.63) is 35.4 Å². The number of alkyl halides is 3. The van der Waals surface area contributed by atoms with Crippen molar-refractivity contribution in [3.8, 4) is 0 Å². The van der Waals surface area contributed by atoms with E-state index in [0.717, 1.165) is 5.56 Å². The molecule has 0 bridgehead atoms. The van der Waals surface area contributed by atoms with Gasteiger partial charge in [-0.1, -0.05) is 45.0 Å². The van der Waals surface area contributed by atoms with Crippen molar-refractivity contribution >= 4 is 17.3 Å². The van der Waals surface area contributed by atoms with Crippen LogP contribution >= 0.6 is 12.2 Å².